The van der Waals surface area contributed by atoms with E-state index in [0.717, 1.165) is 0 Å². The van der Waals surface area contributed by atoms with Gasteiger partial charge < -0.3 is 0 Å². The van der Waals surface area contributed by atoms with Crippen LogP contribution < -0.4 is 0 Å². The molecule has 48 valence electrons. The summed E-state index contributed by atoms with van der Waals surface area (Å²) in [7, 11) is 0. The van der Waals surface area contributed by atoms with E-state index in [4.69, 9.17) is 0 Å². The Morgan fingerprint density at radius 2 is 1.75 bits per heavy atom. The Balaban J connectivity index is 2.39. The first-order chi connectivity index (χ1) is 3.52. The second-order valence-electron chi connectivity index (χ2n) is 2.36. The maximum atomic E-state index is 11.7. The molecular formula is C4H7F3Sn. The van der Waals surface area contributed by atoms with Crippen molar-refractivity contribution < 1.29 is 8.60 Å². The summed E-state index contributed by atoms with van der Waals surface area (Å²) in [5, 5.41) is 0. The van der Waals surface area contributed by atoms with E-state index in [0.29, 0.717) is 6.42 Å². The van der Waals surface area contributed by atoms with Crippen molar-refractivity contribution in [3.63, 3.8) is 0 Å². The molecule has 0 aromatic carbocycles. The summed E-state index contributed by atoms with van der Waals surface area (Å²) in [6.45, 7) is 1.68. The van der Waals surface area contributed by atoms with Gasteiger partial charge in [-0.3, -0.25) is 0 Å². The summed E-state index contributed by atoms with van der Waals surface area (Å²) < 4.78 is 34.3. The van der Waals surface area contributed by atoms with E-state index in [2.05, 4.69) is 0 Å². The fourth-order valence-electron chi connectivity index (χ4n) is 0.778. The fourth-order valence-corrected chi connectivity index (χ4v) is 4.44. The van der Waals surface area contributed by atoms with Gasteiger partial charge in [0.2, 0.25) is 0 Å². The average Bonchev–Trinajstić information content (AvgIpc) is 2.13. The molecule has 2 unspecified atom stereocenters. The van der Waals surface area contributed by atoms with Crippen molar-refractivity contribution in [2.24, 2.45) is 5.92 Å². The van der Waals surface area contributed by atoms with Gasteiger partial charge in [0.1, 0.15) is 0 Å². The molecule has 0 bridgehead atoms. The molecule has 0 nitrogen and oxygen atoms in total. The molecule has 0 aliphatic heterocycles. The zero-order chi connectivity index (χ0) is 6.36. The van der Waals surface area contributed by atoms with Crippen molar-refractivity contribution in [2.45, 2.75) is 17.3 Å². The normalized spacial score (nSPS) is 37.5. The third kappa shape index (κ3) is 1.30. The van der Waals surface area contributed by atoms with Gasteiger partial charge in [-0.1, -0.05) is 0 Å². The summed E-state index contributed by atoms with van der Waals surface area (Å²) >= 11 is -5.84. The predicted molar refractivity (Wildman–Crippen MR) is 26.6 cm³/mol. The van der Waals surface area contributed by atoms with Crippen LogP contribution in [0.5, 0.6) is 0 Å². The van der Waals surface area contributed by atoms with Crippen LogP contribution in [0.15, 0.2) is 0 Å². The molecule has 0 spiro atoms. The summed E-state index contributed by atoms with van der Waals surface area (Å²) in [5.74, 6) is -0.0224. The molecule has 0 amide bonds. The van der Waals surface area contributed by atoms with E-state index in [1.807, 2.05) is 0 Å². The average molecular weight is 231 g/mol. The Morgan fingerprint density at radius 1 is 1.38 bits per heavy atom. The van der Waals surface area contributed by atoms with E-state index in [9.17, 15) is 8.60 Å². The van der Waals surface area contributed by atoms with Crippen LogP contribution in [0.1, 0.15) is 13.3 Å². The SMILES string of the molecule is CC1C[CH]1[Sn]([F])([F])[F]. The van der Waals surface area contributed by atoms with Gasteiger partial charge >= 0.3 is 51.9 Å². The molecule has 0 aromatic rings. The summed E-state index contributed by atoms with van der Waals surface area (Å²) in [6, 6.07) is 0. The van der Waals surface area contributed by atoms with Gasteiger partial charge in [-0.25, -0.2) is 0 Å². The van der Waals surface area contributed by atoms with Crippen molar-refractivity contribution in [3.05, 3.63) is 0 Å². The Labute approximate surface area is 52.3 Å². The Morgan fingerprint density at radius 3 is 1.75 bits per heavy atom. The molecule has 8 heavy (non-hydrogen) atoms. The molecular weight excluding hydrogens is 224 g/mol. The van der Waals surface area contributed by atoms with Gasteiger partial charge in [-0.15, -0.1) is 0 Å². The summed E-state index contributed by atoms with van der Waals surface area (Å²) in [5.41, 5.74) is 0. The van der Waals surface area contributed by atoms with Gasteiger partial charge in [0.05, 0.1) is 0 Å². The first-order valence-corrected chi connectivity index (χ1v) is 7.47. The van der Waals surface area contributed by atoms with Gasteiger partial charge in [0.25, 0.3) is 0 Å². The maximum absolute atomic E-state index is 11.7. The number of hydrogen-bond donors (Lipinski definition) is 0. The quantitative estimate of drug-likeness (QED) is 0.607. The minimum absolute atomic E-state index is 0.0224. The molecule has 1 rings (SSSR count). The summed E-state index contributed by atoms with van der Waals surface area (Å²) in [6.07, 6.45) is 0.430. The third-order valence-electron chi connectivity index (χ3n) is 1.53. The van der Waals surface area contributed by atoms with Crippen LogP contribution in [-0.2, 0) is 0 Å². The standard InChI is InChI=1S/C4H7.3FH.Sn/c1-4-2-3-4;;;;/h2,4H,3H2,1H3;3*1H;/q;;;;+3/p-3. The van der Waals surface area contributed by atoms with E-state index < -0.39 is 24.0 Å². The molecule has 1 fully saturated rings. The second-order valence-corrected chi connectivity index (χ2v) is 7.57. The van der Waals surface area contributed by atoms with Crippen LogP contribution in [-0.4, -0.2) is 20.1 Å². The van der Waals surface area contributed by atoms with E-state index in [1.54, 1.807) is 6.92 Å². The molecule has 0 aromatic heterocycles. The molecule has 0 N–H and O–H groups in total. The Bertz CT molecular complexity index is 97.9. The van der Waals surface area contributed by atoms with Crippen molar-refractivity contribution >= 4 is 20.1 Å². The van der Waals surface area contributed by atoms with E-state index in [-0.39, 0.29) is 5.92 Å². The first kappa shape index (κ1) is 6.71. The Hall–Kier alpha value is 0.589. The molecule has 0 heterocycles. The monoisotopic (exact) mass is 232 g/mol. The van der Waals surface area contributed by atoms with Crippen molar-refractivity contribution in [1.82, 2.24) is 0 Å². The van der Waals surface area contributed by atoms with Crippen LogP contribution in [0.3, 0.4) is 0 Å². The molecule has 0 saturated heterocycles. The zero-order valence-corrected chi connectivity index (χ0v) is 7.35. The third-order valence-corrected chi connectivity index (χ3v) is 6.23. The van der Waals surface area contributed by atoms with Crippen LogP contribution in [0, 0.1) is 5.92 Å². The molecule has 1 saturated carbocycles. The second kappa shape index (κ2) is 1.78. The van der Waals surface area contributed by atoms with E-state index >= 15 is 0 Å². The Kier molecular flexibility index (Phi) is 1.50. The van der Waals surface area contributed by atoms with Crippen LogP contribution in [0.4, 0.5) is 8.60 Å². The van der Waals surface area contributed by atoms with Crippen LogP contribution >= 0.6 is 0 Å². The van der Waals surface area contributed by atoms with Gasteiger partial charge in [0.15, 0.2) is 0 Å². The molecule has 1 aliphatic carbocycles. The van der Waals surface area contributed by atoms with Crippen molar-refractivity contribution in [3.8, 4) is 0 Å². The van der Waals surface area contributed by atoms with Crippen molar-refractivity contribution in [2.75, 3.05) is 0 Å². The molecule has 1 aliphatic rings. The van der Waals surface area contributed by atoms with Gasteiger partial charge in [-0.2, -0.15) is 0 Å². The molecule has 4 heteroatoms. The number of halogens is 3. The fraction of sp³-hybridized carbons (Fsp3) is 1.00. The van der Waals surface area contributed by atoms with Crippen LogP contribution in [0.2, 0.25) is 3.93 Å². The minimum atomic E-state index is -5.84. The predicted octanol–water partition coefficient (Wildman–Crippen LogP) is 2.24. The first-order valence-electron chi connectivity index (χ1n) is 2.58. The summed E-state index contributed by atoms with van der Waals surface area (Å²) in [4.78, 5) is 0. The van der Waals surface area contributed by atoms with E-state index in [1.165, 1.54) is 0 Å². The van der Waals surface area contributed by atoms with Gasteiger partial charge in [-0.05, 0) is 0 Å². The zero-order valence-electron chi connectivity index (χ0n) is 4.50. The van der Waals surface area contributed by atoms with Crippen LogP contribution in [0.25, 0.3) is 0 Å². The molecule has 0 radical (unpaired) electrons. The number of rotatable bonds is 1. The topological polar surface area (TPSA) is 0 Å². The van der Waals surface area contributed by atoms with Crippen molar-refractivity contribution in [1.29, 1.82) is 0 Å². The van der Waals surface area contributed by atoms with Gasteiger partial charge in [0, 0.05) is 0 Å². The molecule has 2 atom stereocenters. The number of hydrogen-bond acceptors (Lipinski definition) is 0.